The monoisotopic (exact) mass is 352 g/mol. The van der Waals surface area contributed by atoms with Gasteiger partial charge in [-0.15, -0.1) is 11.8 Å². The van der Waals surface area contributed by atoms with E-state index in [0.29, 0.717) is 11.3 Å². The van der Waals surface area contributed by atoms with Crippen molar-refractivity contribution in [3.05, 3.63) is 29.8 Å². The molecule has 0 saturated carbocycles. The summed E-state index contributed by atoms with van der Waals surface area (Å²) in [7, 11) is -3.74. The Kier molecular flexibility index (Phi) is 7.75. The van der Waals surface area contributed by atoms with Gasteiger partial charge in [-0.3, -0.25) is 15.2 Å². The lowest BCUT2D eigenvalue weighted by Crippen LogP contribution is -2.16. The van der Waals surface area contributed by atoms with Gasteiger partial charge in [-0.25, -0.2) is 18.4 Å². The van der Waals surface area contributed by atoms with Crippen LogP contribution in [0.1, 0.15) is 5.56 Å². The van der Waals surface area contributed by atoms with Crippen LogP contribution in [0.4, 0.5) is 0 Å². The Morgan fingerprint density at radius 2 is 1.91 bits per heavy atom. The van der Waals surface area contributed by atoms with Gasteiger partial charge in [0.2, 0.25) is 10.0 Å². The van der Waals surface area contributed by atoms with Gasteiger partial charge in [0.05, 0.1) is 22.6 Å². The molecule has 0 aliphatic carbocycles. The highest BCUT2D eigenvalue weighted by molar-refractivity contribution is 7.99. The molecule has 0 unspecified atom stereocenters. The van der Waals surface area contributed by atoms with Gasteiger partial charge in [-0.05, 0) is 17.7 Å². The van der Waals surface area contributed by atoms with E-state index in [0.717, 1.165) is 0 Å². The van der Waals surface area contributed by atoms with Crippen LogP contribution in [-0.4, -0.2) is 48.3 Å². The predicted molar refractivity (Wildman–Crippen MR) is 76.3 cm³/mol. The Morgan fingerprint density at radius 1 is 1.27 bits per heavy atom. The number of nitrogens with zero attached hydrogens (tertiary/aromatic N) is 1. The first kappa shape index (κ1) is 18.8. The van der Waals surface area contributed by atoms with E-state index in [1.807, 2.05) is 0 Å². The second-order valence-corrected chi connectivity index (χ2v) is 6.65. The van der Waals surface area contributed by atoms with Crippen LogP contribution < -0.4 is 5.14 Å². The molecule has 4 N–H and O–H groups in total. The lowest BCUT2D eigenvalue weighted by molar-refractivity contribution is -0.490. The second kappa shape index (κ2) is 9.05. The Morgan fingerprint density at radius 3 is 2.45 bits per heavy atom. The molecule has 11 heteroatoms. The Labute approximate surface area is 131 Å². The molecule has 0 saturated heterocycles. The minimum Gasteiger partial charge on any atom is -0.460 e. The molecule has 9 nitrogen and oxygen atoms in total. The Hall–Kier alpha value is -1.21. The van der Waals surface area contributed by atoms with E-state index in [1.54, 1.807) is 0 Å². The van der Waals surface area contributed by atoms with Crippen LogP contribution in [0.2, 0.25) is 0 Å². The number of hydrogen-bond donors (Lipinski definition) is 3. The number of thioether (sulfide) groups is 1. The van der Waals surface area contributed by atoms with Crippen LogP contribution in [0.25, 0.3) is 0 Å². The maximum atomic E-state index is 11.4. The van der Waals surface area contributed by atoms with Gasteiger partial charge in [-0.1, -0.05) is 12.1 Å². The lowest BCUT2D eigenvalue weighted by Gasteiger charge is -2.07. The molecule has 1 aromatic carbocycles. The van der Waals surface area contributed by atoms with Crippen molar-refractivity contribution in [2.45, 2.75) is 11.5 Å². The average Bonchev–Trinajstić information content (AvgIpc) is 2.44. The third-order valence-electron chi connectivity index (χ3n) is 2.31. The number of benzene rings is 1. The van der Waals surface area contributed by atoms with E-state index in [1.165, 1.54) is 36.0 Å². The SMILES string of the molecule is NS(=O)(=O)c1ccc(COC(=O)CSCCON(O)O)cc1. The molecule has 124 valence electrons. The summed E-state index contributed by atoms with van der Waals surface area (Å²) in [5.74, 6) is -0.00370. The van der Waals surface area contributed by atoms with Crippen LogP contribution in [0.3, 0.4) is 0 Å². The second-order valence-electron chi connectivity index (χ2n) is 3.99. The minimum atomic E-state index is -3.74. The molecule has 0 heterocycles. The number of primary sulfonamides is 1. The molecule has 0 fully saturated rings. The van der Waals surface area contributed by atoms with Crippen LogP contribution in [-0.2, 0) is 31.0 Å². The van der Waals surface area contributed by atoms with E-state index in [9.17, 15) is 13.2 Å². The van der Waals surface area contributed by atoms with Crippen molar-refractivity contribution >= 4 is 27.8 Å². The molecule has 1 rings (SSSR count). The van der Waals surface area contributed by atoms with Crippen LogP contribution in [0.15, 0.2) is 29.2 Å². The van der Waals surface area contributed by atoms with Crippen LogP contribution >= 0.6 is 11.8 Å². The molecule has 0 spiro atoms. The number of esters is 1. The van der Waals surface area contributed by atoms with Crippen molar-refractivity contribution in [2.75, 3.05) is 18.1 Å². The molecular weight excluding hydrogens is 336 g/mol. The number of carbonyl (C=O) groups is 1. The Bertz CT molecular complexity index is 575. The largest absolute Gasteiger partial charge is 0.460 e. The predicted octanol–water partition coefficient (Wildman–Crippen LogP) is 0.122. The zero-order valence-electron chi connectivity index (χ0n) is 11.4. The average molecular weight is 352 g/mol. The molecular formula is C11H16N2O7S2. The maximum Gasteiger partial charge on any atom is 0.316 e. The van der Waals surface area contributed by atoms with Gasteiger partial charge in [0, 0.05) is 5.75 Å². The third-order valence-corrected chi connectivity index (χ3v) is 4.13. The van der Waals surface area contributed by atoms with Gasteiger partial charge in [-0.2, -0.15) is 0 Å². The molecule has 0 atom stereocenters. The molecule has 0 aliphatic heterocycles. The van der Waals surface area contributed by atoms with E-state index in [2.05, 4.69) is 4.84 Å². The highest BCUT2D eigenvalue weighted by atomic mass is 32.2. The first-order valence-corrected chi connectivity index (χ1v) is 8.65. The van der Waals surface area contributed by atoms with Crippen molar-refractivity contribution in [3.63, 3.8) is 0 Å². The number of rotatable bonds is 9. The van der Waals surface area contributed by atoms with Gasteiger partial charge < -0.3 is 4.74 Å². The van der Waals surface area contributed by atoms with Crippen molar-refractivity contribution in [3.8, 4) is 0 Å². The Balaban J connectivity index is 2.27. The van der Waals surface area contributed by atoms with E-state index in [4.69, 9.17) is 20.3 Å². The third kappa shape index (κ3) is 7.70. The fourth-order valence-electron chi connectivity index (χ4n) is 1.31. The van der Waals surface area contributed by atoms with Gasteiger partial charge in [0.25, 0.3) is 0 Å². The molecule has 0 radical (unpaired) electrons. The summed E-state index contributed by atoms with van der Waals surface area (Å²) in [5, 5.41) is 21.1. The normalized spacial score (nSPS) is 11.6. The van der Waals surface area contributed by atoms with E-state index < -0.39 is 21.4 Å². The maximum absolute atomic E-state index is 11.4. The number of sulfonamides is 1. The van der Waals surface area contributed by atoms with Crippen molar-refractivity contribution < 1.29 is 33.2 Å². The highest BCUT2D eigenvalue weighted by Gasteiger charge is 2.08. The quantitative estimate of drug-likeness (QED) is 0.321. The molecule has 22 heavy (non-hydrogen) atoms. The van der Waals surface area contributed by atoms with Gasteiger partial charge >= 0.3 is 5.97 Å². The fraction of sp³-hybridized carbons (Fsp3) is 0.364. The van der Waals surface area contributed by atoms with Gasteiger partial charge in [0.1, 0.15) is 6.61 Å². The molecule has 0 aliphatic rings. The lowest BCUT2D eigenvalue weighted by atomic mass is 10.2. The van der Waals surface area contributed by atoms with E-state index >= 15 is 0 Å². The highest BCUT2D eigenvalue weighted by Crippen LogP contribution is 2.10. The van der Waals surface area contributed by atoms with Crippen molar-refractivity contribution in [1.82, 2.24) is 5.39 Å². The zero-order chi connectivity index (χ0) is 16.6. The van der Waals surface area contributed by atoms with Crippen molar-refractivity contribution in [1.29, 1.82) is 0 Å². The van der Waals surface area contributed by atoms with Crippen LogP contribution in [0, 0.1) is 0 Å². The van der Waals surface area contributed by atoms with Crippen LogP contribution in [0.5, 0.6) is 0 Å². The summed E-state index contributed by atoms with van der Waals surface area (Å²) in [4.78, 5) is 15.7. The van der Waals surface area contributed by atoms with Crippen molar-refractivity contribution in [2.24, 2.45) is 5.14 Å². The summed E-state index contributed by atoms with van der Waals surface area (Å²) in [5.41, 5.74) is 0.630. The van der Waals surface area contributed by atoms with E-state index in [-0.39, 0.29) is 23.9 Å². The zero-order valence-corrected chi connectivity index (χ0v) is 13.0. The molecule has 0 amide bonds. The number of carbonyl (C=O) groups excluding carboxylic acids is 1. The molecule has 0 aromatic heterocycles. The summed E-state index contributed by atoms with van der Waals surface area (Å²) in [6.45, 7) is 0.0435. The number of ether oxygens (including phenoxy) is 1. The summed E-state index contributed by atoms with van der Waals surface area (Å²) >= 11 is 1.20. The fourth-order valence-corrected chi connectivity index (χ4v) is 2.42. The standard InChI is InChI=1S/C11H16N2O7S2/c12-22(17,18)10-3-1-9(2-4-10)7-19-11(14)8-21-6-5-20-13(15)16/h1-4,15-16H,5-8H2,(H2,12,17,18). The summed E-state index contributed by atoms with van der Waals surface area (Å²) < 4.78 is 27.1. The first-order chi connectivity index (χ1) is 10.3. The minimum absolute atomic E-state index is 0.0139. The first-order valence-electron chi connectivity index (χ1n) is 5.95. The smallest absolute Gasteiger partial charge is 0.316 e. The number of hydrogen-bond acceptors (Lipinski definition) is 9. The molecule has 0 bridgehead atoms. The summed E-state index contributed by atoms with van der Waals surface area (Å²) in [6.07, 6.45) is 0. The van der Waals surface area contributed by atoms with Gasteiger partial charge in [0.15, 0.2) is 0 Å². The summed E-state index contributed by atoms with van der Waals surface area (Å²) in [6, 6.07) is 5.68. The topological polar surface area (TPSA) is 139 Å². The molecule has 1 aromatic rings. The number of nitrogens with two attached hydrogens (primary N) is 1.